The zero-order chi connectivity index (χ0) is 14.4. The van der Waals surface area contributed by atoms with Crippen LogP contribution < -0.4 is 4.74 Å². The van der Waals surface area contributed by atoms with E-state index < -0.39 is 18.6 Å². The summed E-state index contributed by atoms with van der Waals surface area (Å²) in [7, 11) is 1.21. The van der Waals surface area contributed by atoms with Crippen LogP contribution in [0.4, 0.5) is 8.78 Å². The lowest BCUT2D eigenvalue weighted by molar-refractivity contribution is -0.140. The molecule has 5 nitrogen and oxygen atoms in total. The number of halogens is 2. The molecule has 0 aliphatic carbocycles. The lowest BCUT2D eigenvalue weighted by atomic mass is 10.0. The first kappa shape index (κ1) is 14.9. The van der Waals surface area contributed by atoms with E-state index in [-0.39, 0.29) is 29.7 Å². The number of methoxy groups -OCH3 is 1. The van der Waals surface area contributed by atoms with Crippen molar-refractivity contribution in [3.05, 3.63) is 29.3 Å². The maximum Gasteiger partial charge on any atom is 0.387 e. The molecule has 104 valence electrons. The minimum absolute atomic E-state index is 0.0467. The number of alkyl halides is 2. The van der Waals surface area contributed by atoms with Gasteiger partial charge in [0.25, 0.3) is 0 Å². The molecule has 0 saturated carbocycles. The molecule has 0 fully saturated rings. The first-order valence-corrected chi connectivity index (χ1v) is 5.32. The van der Waals surface area contributed by atoms with Gasteiger partial charge >= 0.3 is 18.6 Å². The first-order chi connectivity index (χ1) is 8.93. The summed E-state index contributed by atoms with van der Waals surface area (Å²) in [4.78, 5) is 22.0. The predicted molar refractivity (Wildman–Crippen MR) is 60.4 cm³/mol. The number of esters is 1. The van der Waals surface area contributed by atoms with Gasteiger partial charge in [0.05, 0.1) is 12.7 Å². The maximum atomic E-state index is 12.1. The normalized spacial score (nSPS) is 10.3. The Balaban J connectivity index is 2.94. The number of rotatable bonds is 6. The first-order valence-electron chi connectivity index (χ1n) is 5.32. The summed E-state index contributed by atoms with van der Waals surface area (Å²) in [6.45, 7) is -3.00. The van der Waals surface area contributed by atoms with Gasteiger partial charge in [-0.05, 0) is 30.2 Å². The third-order valence-corrected chi connectivity index (χ3v) is 2.36. The van der Waals surface area contributed by atoms with Crippen LogP contribution in [0.3, 0.4) is 0 Å². The van der Waals surface area contributed by atoms with Crippen LogP contribution in [0.25, 0.3) is 0 Å². The Bertz CT molecular complexity index is 473. The third-order valence-electron chi connectivity index (χ3n) is 2.36. The van der Waals surface area contributed by atoms with Crippen molar-refractivity contribution < 1.29 is 33.0 Å². The van der Waals surface area contributed by atoms with E-state index in [4.69, 9.17) is 5.11 Å². The zero-order valence-electron chi connectivity index (χ0n) is 10.1. The van der Waals surface area contributed by atoms with Crippen molar-refractivity contribution in [2.24, 2.45) is 0 Å². The Morgan fingerprint density at radius 1 is 1.37 bits per heavy atom. The molecule has 1 aromatic carbocycles. The van der Waals surface area contributed by atoms with Gasteiger partial charge in [0.1, 0.15) is 5.75 Å². The second-order valence-electron chi connectivity index (χ2n) is 3.58. The van der Waals surface area contributed by atoms with Gasteiger partial charge < -0.3 is 14.6 Å². The van der Waals surface area contributed by atoms with Crippen molar-refractivity contribution in [3.63, 3.8) is 0 Å². The molecule has 0 radical (unpaired) electrons. The van der Waals surface area contributed by atoms with E-state index >= 15 is 0 Å². The second kappa shape index (κ2) is 6.67. The van der Waals surface area contributed by atoms with Crippen molar-refractivity contribution >= 4 is 11.9 Å². The van der Waals surface area contributed by atoms with Gasteiger partial charge in [-0.1, -0.05) is 0 Å². The van der Waals surface area contributed by atoms with Gasteiger partial charge in [0.15, 0.2) is 0 Å². The molecule has 1 rings (SSSR count). The SMILES string of the molecule is COC(=O)CCc1cc(OC(F)F)ccc1C(=O)O. The highest BCUT2D eigenvalue weighted by Gasteiger charge is 2.14. The molecule has 19 heavy (non-hydrogen) atoms. The van der Waals surface area contributed by atoms with Crippen LogP contribution in [0.2, 0.25) is 0 Å². The van der Waals surface area contributed by atoms with Gasteiger partial charge in [0, 0.05) is 6.42 Å². The standard InChI is InChI=1S/C12H12F2O5/c1-18-10(15)5-2-7-6-8(19-12(13)14)3-4-9(7)11(16)17/h3-4,6,12H,2,5H2,1H3,(H,16,17). The Hall–Kier alpha value is -2.18. The highest BCUT2D eigenvalue weighted by molar-refractivity contribution is 5.89. The number of aromatic carboxylic acids is 1. The number of ether oxygens (including phenoxy) is 2. The average Bonchev–Trinajstić information content (AvgIpc) is 2.34. The molecule has 0 saturated heterocycles. The molecular weight excluding hydrogens is 262 g/mol. The molecule has 0 aromatic heterocycles. The Morgan fingerprint density at radius 2 is 2.05 bits per heavy atom. The number of carbonyl (C=O) groups is 2. The number of hydrogen-bond donors (Lipinski definition) is 1. The van der Waals surface area contributed by atoms with Gasteiger partial charge in [-0.3, -0.25) is 4.79 Å². The van der Waals surface area contributed by atoms with E-state index in [1.165, 1.54) is 13.2 Å². The highest BCUT2D eigenvalue weighted by Crippen LogP contribution is 2.21. The fourth-order valence-electron chi connectivity index (χ4n) is 1.50. The fraction of sp³-hybridized carbons (Fsp3) is 0.333. The highest BCUT2D eigenvalue weighted by atomic mass is 19.3. The van der Waals surface area contributed by atoms with Crippen LogP contribution >= 0.6 is 0 Å². The third kappa shape index (κ3) is 4.53. The largest absolute Gasteiger partial charge is 0.478 e. The molecular formula is C12H12F2O5. The number of benzene rings is 1. The molecule has 0 aliphatic heterocycles. The van der Waals surface area contributed by atoms with E-state index in [1.54, 1.807) is 0 Å². The fourth-order valence-corrected chi connectivity index (χ4v) is 1.50. The Kier molecular flexibility index (Phi) is 5.23. The summed E-state index contributed by atoms with van der Waals surface area (Å²) in [5.74, 6) is -1.88. The zero-order valence-corrected chi connectivity index (χ0v) is 10.1. The Labute approximate surface area is 107 Å². The summed E-state index contributed by atoms with van der Waals surface area (Å²) in [5.41, 5.74) is 0.168. The molecule has 0 aliphatic rings. The van der Waals surface area contributed by atoms with E-state index in [0.717, 1.165) is 12.1 Å². The van der Waals surface area contributed by atoms with Crippen LogP contribution in [0.15, 0.2) is 18.2 Å². The van der Waals surface area contributed by atoms with E-state index in [1.807, 2.05) is 0 Å². The van der Waals surface area contributed by atoms with Gasteiger partial charge in [-0.15, -0.1) is 0 Å². The molecule has 0 spiro atoms. The van der Waals surface area contributed by atoms with Crippen molar-refractivity contribution in [1.82, 2.24) is 0 Å². The molecule has 0 atom stereocenters. The van der Waals surface area contributed by atoms with Crippen molar-refractivity contribution in [2.45, 2.75) is 19.5 Å². The quantitative estimate of drug-likeness (QED) is 0.804. The minimum Gasteiger partial charge on any atom is -0.478 e. The maximum absolute atomic E-state index is 12.1. The van der Waals surface area contributed by atoms with Gasteiger partial charge in [-0.2, -0.15) is 8.78 Å². The number of carboxylic acid groups (broad SMARTS) is 1. The Morgan fingerprint density at radius 3 is 2.58 bits per heavy atom. The molecule has 0 unspecified atom stereocenters. The van der Waals surface area contributed by atoms with Crippen LogP contribution in [0, 0.1) is 0 Å². The summed E-state index contributed by atoms with van der Waals surface area (Å²) >= 11 is 0. The predicted octanol–water partition coefficient (Wildman–Crippen LogP) is 2.09. The number of carbonyl (C=O) groups excluding carboxylic acids is 1. The van der Waals surface area contributed by atoms with Crippen LogP contribution in [-0.2, 0) is 16.0 Å². The number of aryl methyl sites for hydroxylation is 1. The summed E-state index contributed by atoms with van der Waals surface area (Å²) in [5, 5.41) is 8.96. The topological polar surface area (TPSA) is 72.8 Å². The van der Waals surface area contributed by atoms with Crippen molar-refractivity contribution in [3.8, 4) is 5.75 Å². The molecule has 1 N–H and O–H groups in total. The summed E-state index contributed by atoms with van der Waals surface area (Å²) in [6, 6.07) is 3.47. The smallest absolute Gasteiger partial charge is 0.387 e. The molecule has 0 heterocycles. The van der Waals surface area contributed by atoms with Crippen LogP contribution in [0.1, 0.15) is 22.3 Å². The summed E-state index contributed by atoms with van der Waals surface area (Å²) < 4.78 is 32.7. The summed E-state index contributed by atoms with van der Waals surface area (Å²) in [6.07, 6.45) is 0.0175. The molecule has 7 heteroatoms. The number of hydrogen-bond acceptors (Lipinski definition) is 4. The van der Waals surface area contributed by atoms with E-state index in [0.29, 0.717) is 0 Å². The second-order valence-corrected chi connectivity index (χ2v) is 3.58. The van der Waals surface area contributed by atoms with Crippen molar-refractivity contribution in [2.75, 3.05) is 7.11 Å². The van der Waals surface area contributed by atoms with E-state index in [2.05, 4.69) is 9.47 Å². The van der Waals surface area contributed by atoms with E-state index in [9.17, 15) is 18.4 Å². The van der Waals surface area contributed by atoms with Gasteiger partial charge in [0.2, 0.25) is 0 Å². The molecule has 0 bridgehead atoms. The molecule has 0 amide bonds. The lowest BCUT2D eigenvalue weighted by Crippen LogP contribution is -2.08. The van der Waals surface area contributed by atoms with Crippen LogP contribution in [-0.4, -0.2) is 30.8 Å². The number of carboxylic acids is 1. The monoisotopic (exact) mass is 274 g/mol. The minimum atomic E-state index is -3.00. The van der Waals surface area contributed by atoms with Crippen LogP contribution in [0.5, 0.6) is 5.75 Å². The van der Waals surface area contributed by atoms with Crippen molar-refractivity contribution in [1.29, 1.82) is 0 Å². The molecule has 1 aromatic rings. The lowest BCUT2D eigenvalue weighted by Gasteiger charge is -2.09. The average molecular weight is 274 g/mol. The van der Waals surface area contributed by atoms with Gasteiger partial charge in [-0.25, -0.2) is 4.79 Å².